The summed E-state index contributed by atoms with van der Waals surface area (Å²) >= 11 is 0. The van der Waals surface area contributed by atoms with E-state index in [0.29, 0.717) is 5.39 Å². The molecular formula is C29H25F2NO. The first-order chi connectivity index (χ1) is 16.1. The monoisotopic (exact) mass is 441 g/mol. The van der Waals surface area contributed by atoms with Gasteiger partial charge in [-0.1, -0.05) is 49.5 Å². The molecule has 0 fully saturated rings. The fourth-order valence-electron chi connectivity index (χ4n) is 3.49. The van der Waals surface area contributed by atoms with Gasteiger partial charge in [-0.05, 0) is 72.7 Å². The highest BCUT2D eigenvalue weighted by molar-refractivity contribution is 5.84. The molecule has 4 rings (SSSR count). The third-order valence-electron chi connectivity index (χ3n) is 5.45. The average molecular weight is 442 g/mol. The largest absolute Gasteiger partial charge is 0.492 e. The van der Waals surface area contributed by atoms with Crippen molar-refractivity contribution in [2.45, 2.75) is 32.6 Å². The molecule has 0 saturated heterocycles. The Labute approximate surface area is 193 Å². The number of benzene rings is 3. The number of aryl methyl sites for hydroxylation is 2. The van der Waals surface area contributed by atoms with Crippen LogP contribution in [0, 0.1) is 23.5 Å². The molecule has 0 bridgehead atoms. The lowest BCUT2D eigenvalue weighted by Crippen LogP contribution is -1.99. The number of nitrogens with zero attached hydrogens (tertiary/aromatic N) is 1. The molecule has 0 unspecified atom stereocenters. The predicted molar refractivity (Wildman–Crippen MR) is 128 cm³/mol. The molecule has 0 radical (unpaired) electrons. The third kappa shape index (κ3) is 5.96. The zero-order valence-corrected chi connectivity index (χ0v) is 18.6. The van der Waals surface area contributed by atoms with Gasteiger partial charge in [0.15, 0.2) is 11.6 Å². The van der Waals surface area contributed by atoms with Crippen LogP contribution < -0.4 is 4.74 Å². The van der Waals surface area contributed by atoms with E-state index in [2.05, 4.69) is 35.9 Å². The number of hydrogen-bond acceptors (Lipinski definition) is 2. The third-order valence-corrected chi connectivity index (χ3v) is 5.45. The second-order valence-electron chi connectivity index (χ2n) is 7.93. The van der Waals surface area contributed by atoms with Crippen molar-refractivity contribution in [1.82, 2.24) is 4.98 Å². The summed E-state index contributed by atoms with van der Waals surface area (Å²) in [4.78, 5) is 4.49. The fourth-order valence-corrected chi connectivity index (χ4v) is 3.49. The molecule has 0 amide bonds. The minimum atomic E-state index is -0.842. The summed E-state index contributed by atoms with van der Waals surface area (Å²) in [5, 5.41) is 0.892. The minimum absolute atomic E-state index is 0.262. The van der Waals surface area contributed by atoms with Gasteiger partial charge in [0.05, 0.1) is 12.8 Å². The van der Waals surface area contributed by atoms with E-state index in [1.165, 1.54) is 5.56 Å². The summed E-state index contributed by atoms with van der Waals surface area (Å²) in [5.41, 5.74) is 3.91. The summed E-state index contributed by atoms with van der Waals surface area (Å²) in [6.07, 6.45) is 5.70. The van der Waals surface area contributed by atoms with Gasteiger partial charge in [0.25, 0.3) is 0 Å². The molecule has 3 aromatic carbocycles. The molecule has 0 atom stereocenters. The lowest BCUT2D eigenvalue weighted by Gasteiger charge is -2.06. The summed E-state index contributed by atoms with van der Waals surface area (Å²) in [7, 11) is 0. The van der Waals surface area contributed by atoms with Crippen molar-refractivity contribution in [1.29, 1.82) is 0 Å². The molecule has 0 aliphatic carbocycles. The first-order valence-electron chi connectivity index (χ1n) is 11.2. The van der Waals surface area contributed by atoms with Crippen LogP contribution in [0.2, 0.25) is 0 Å². The number of aromatic nitrogens is 1. The van der Waals surface area contributed by atoms with Crippen molar-refractivity contribution in [3.8, 4) is 17.6 Å². The summed E-state index contributed by atoms with van der Waals surface area (Å²) in [6.45, 7) is 2.87. The first kappa shape index (κ1) is 22.5. The van der Waals surface area contributed by atoms with E-state index in [9.17, 15) is 8.78 Å². The van der Waals surface area contributed by atoms with Crippen LogP contribution in [-0.2, 0) is 12.8 Å². The van der Waals surface area contributed by atoms with Gasteiger partial charge >= 0.3 is 0 Å². The number of unbranched alkanes of at least 4 members (excludes halogenated alkanes) is 1. The Hall–Kier alpha value is -3.71. The molecule has 1 heterocycles. The lowest BCUT2D eigenvalue weighted by molar-refractivity contribution is 0.308. The van der Waals surface area contributed by atoms with Crippen molar-refractivity contribution in [2.75, 3.05) is 6.61 Å². The second-order valence-corrected chi connectivity index (χ2v) is 7.93. The Morgan fingerprint density at radius 3 is 2.39 bits per heavy atom. The van der Waals surface area contributed by atoms with Crippen molar-refractivity contribution < 1.29 is 13.5 Å². The number of halogens is 2. The molecule has 0 saturated carbocycles. The molecular weight excluding hydrogens is 416 g/mol. The fraction of sp³-hybridized carbons (Fsp3) is 0.207. The molecule has 33 heavy (non-hydrogen) atoms. The van der Waals surface area contributed by atoms with E-state index in [4.69, 9.17) is 4.74 Å². The Balaban J connectivity index is 1.35. The van der Waals surface area contributed by atoms with Crippen LogP contribution in [0.3, 0.4) is 0 Å². The molecule has 166 valence electrons. The molecule has 0 N–H and O–H groups in total. The Kier molecular flexibility index (Phi) is 7.32. The van der Waals surface area contributed by atoms with Crippen LogP contribution in [0.1, 0.15) is 42.1 Å². The highest BCUT2D eigenvalue weighted by atomic mass is 19.2. The molecule has 0 aliphatic rings. The quantitative estimate of drug-likeness (QED) is 0.230. The van der Waals surface area contributed by atoms with Crippen LogP contribution >= 0.6 is 0 Å². The van der Waals surface area contributed by atoms with Crippen LogP contribution in [0.4, 0.5) is 8.78 Å². The number of pyridine rings is 1. The van der Waals surface area contributed by atoms with Crippen LogP contribution in [0.25, 0.3) is 10.8 Å². The zero-order valence-electron chi connectivity index (χ0n) is 18.6. The van der Waals surface area contributed by atoms with Gasteiger partial charge in [0.2, 0.25) is 0 Å². The Morgan fingerprint density at radius 1 is 0.848 bits per heavy atom. The summed E-state index contributed by atoms with van der Waals surface area (Å²) in [5.74, 6) is 5.39. The van der Waals surface area contributed by atoms with Crippen molar-refractivity contribution >= 4 is 10.8 Å². The van der Waals surface area contributed by atoms with Crippen LogP contribution in [0.15, 0.2) is 72.9 Å². The SMILES string of the molecule is CCCCOc1ccc(CCc2ccc(C#Cc3ccc4c(F)c(F)ccc4c3)cc2)nc1. The zero-order chi connectivity index (χ0) is 23.0. The van der Waals surface area contributed by atoms with Crippen LogP contribution in [-0.4, -0.2) is 11.6 Å². The van der Waals surface area contributed by atoms with Crippen molar-refractivity contribution in [3.05, 3.63) is 107 Å². The topological polar surface area (TPSA) is 22.1 Å². The van der Waals surface area contributed by atoms with E-state index in [-0.39, 0.29) is 5.39 Å². The highest BCUT2D eigenvalue weighted by Crippen LogP contribution is 2.21. The van der Waals surface area contributed by atoms with E-state index in [1.807, 2.05) is 24.3 Å². The van der Waals surface area contributed by atoms with E-state index in [0.717, 1.165) is 60.9 Å². The summed E-state index contributed by atoms with van der Waals surface area (Å²) in [6, 6.07) is 19.9. The Morgan fingerprint density at radius 2 is 1.64 bits per heavy atom. The maximum Gasteiger partial charge on any atom is 0.166 e. The maximum absolute atomic E-state index is 13.8. The van der Waals surface area contributed by atoms with Gasteiger partial charge in [0, 0.05) is 22.2 Å². The molecule has 0 spiro atoms. The van der Waals surface area contributed by atoms with Gasteiger partial charge in [0.1, 0.15) is 5.75 Å². The van der Waals surface area contributed by atoms with Gasteiger partial charge in [-0.2, -0.15) is 0 Å². The molecule has 4 aromatic rings. The Bertz CT molecular complexity index is 1290. The number of hydrogen-bond donors (Lipinski definition) is 0. The van der Waals surface area contributed by atoms with Gasteiger partial charge in [-0.15, -0.1) is 0 Å². The minimum Gasteiger partial charge on any atom is -0.492 e. The second kappa shape index (κ2) is 10.7. The van der Waals surface area contributed by atoms with Gasteiger partial charge in [-0.25, -0.2) is 8.78 Å². The van der Waals surface area contributed by atoms with Crippen molar-refractivity contribution in [3.63, 3.8) is 0 Å². The molecule has 4 heteroatoms. The first-order valence-corrected chi connectivity index (χ1v) is 11.2. The maximum atomic E-state index is 13.8. The lowest BCUT2D eigenvalue weighted by atomic mass is 10.0. The average Bonchev–Trinajstić information content (AvgIpc) is 2.85. The number of rotatable bonds is 7. The predicted octanol–water partition coefficient (Wildman–Crippen LogP) is 6.88. The number of fused-ring (bicyclic) bond motifs is 1. The van der Waals surface area contributed by atoms with Gasteiger partial charge < -0.3 is 4.74 Å². The normalized spacial score (nSPS) is 10.6. The van der Waals surface area contributed by atoms with E-state index in [1.54, 1.807) is 30.5 Å². The highest BCUT2D eigenvalue weighted by Gasteiger charge is 2.06. The van der Waals surface area contributed by atoms with Crippen LogP contribution in [0.5, 0.6) is 5.75 Å². The smallest absolute Gasteiger partial charge is 0.166 e. The standard InChI is InChI=1S/C29H25F2NO/c1-2-3-18-33-26-15-14-25(32-20-26)13-10-22-6-4-21(5-7-22)8-9-23-11-16-27-24(19-23)12-17-28(30)29(27)31/h4-7,11-12,14-17,19-20H,2-3,10,13,18H2,1H3. The van der Waals surface area contributed by atoms with E-state index < -0.39 is 11.6 Å². The van der Waals surface area contributed by atoms with Crippen molar-refractivity contribution in [2.24, 2.45) is 0 Å². The molecule has 0 aliphatic heterocycles. The van der Waals surface area contributed by atoms with E-state index >= 15 is 0 Å². The molecule has 2 nitrogen and oxygen atoms in total. The van der Waals surface area contributed by atoms with Gasteiger partial charge in [-0.3, -0.25) is 4.98 Å². The molecule has 1 aromatic heterocycles. The number of ether oxygens (including phenoxy) is 1. The summed E-state index contributed by atoms with van der Waals surface area (Å²) < 4.78 is 32.9.